The van der Waals surface area contributed by atoms with E-state index in [4.69, 9.17) is 4.98 Å². The fraction of sp³-hybridized carbons (Fsp3) is 0.286. The van der Waals surface area contributed by atoms with Gasteiger partial charge in [-0.2, -0.15) is 13.2 Å². The zero-order valence-electron chi connectivity index (χ0n) is 16.6. The highest BCUT2D eigenvalue weighted by Crippen LogP contribution is 2.35. The Morgan fingerprint density at radius 1 is 1.07 bits per heavy atom. The van der Waals surface area contributed by atoms with Crippen molar-refractivity contribution in [1.29, 1.82) is 0 Å². The van der Waals surface area contributed by atoms with Crippen LogP contribution in [0.15, 0.2) is 46.1 Å². The van der Waals surface area contributed by atoms with E-state index >= 15 is 0 Å². The van der Waals surface area contributed by atoms with Gasteiger partial charge >= 0.3 is 6.18 Å². The minimum atomic E-state index is -4.65. The molecular formula is C21H19F3N4OS. The third kappa shape index (κ3) is 3.27. The molecule has 0 amide bonds. The highest BCUT2D eigenvalue weighted by atomic mass is 32.2. The highest BCUT2D eigenvalue weighted by molar-refractivity contribution is 7.99. The number of imidazole rings is 1. The molecule has 30 heavy (non-hydrogen) atoms. The van der Waals surface area contributed by atoms with Crippen LogP contribution in [0.4, 0.5) is 13.2 Å². The molecule has 3 heterocycles. The van der Waals surface area contributed by atoms with Crippen LogP contribution in [0.25, 0.3) is 33.5 Å². The van der Waals surface area contributed by atoms with Gasteiger partial charge < -0.3 is 9.13 Å². The number of fused-ring (bicyclic) bond motifs is 2. The quantitative estimate of drug-likeness (QED) is 0.421. The van der Waals surface area contributed by atoms with E-state index in [9.17, 15) is 18.0 Å². The van der Waals surface area contributed by atoms with Gasteiger partial charge in [-0.15, -0.1) is 11.8 Å². The summed E-state index contributed by atoms with van der Waals surface area (Å²) >= 11 is 1.57. The van der Waals surface area contributed by atoms with Crippen LogP contribution in [0, 0.1) is 0 Å². The second-order valence-corrected chi connectivity index (χ2v) is 8.07. The Kier molecular flexibility index (Phi) is 5.09. The molecule has 0 N–H and O–H groups in total. The molecule has 1 aromatic carbocycles. The number of halogens is 3. The molecule has 9 heteroatoms. The summed E-state index contributed by atoms with van der Waals surface area (Å²) in [4.78, 5) is 22.9. The van der Waals surface area contributed by atoms with E-state index in [1.54, 1.807) is 23.4 Å². The van der Waals surface area contributed by atoms with Crippen molar-refractivity contribution < 1.29 is 13.2 Å². The van der Waals surface area contributed by atoms with Gasteiger partial charge in [0.05, 0.1) is 11.0 Å². The number of aromatic nitrogens is 4. The fourth-order valence-electron chi connectivity index (χ4n) is 3.60. The van der Waals surface area contributed by atoms with Gasteiger partial charge in [0.1, 0.15) is 16.9 Å². The zero-order valence-corrected chi connectivity index (χ0v) is 17.4. The number of hydrogen-bond donors (Lipinski definition) is 0. The molecule has 0 saturated heterocycles. The predicted octanol–water partition coefficient (Wildman–Crippen LogP) is 5.10. The summed E-state index contributed by atoms with van der Waals surface area (Å²) < 4.78 is 42.8. The molecule has 4 aromatic rings. The van der Waals surface area contributed by atoms with Gasteiger partial charge in [-0.3, -0.25) is 4.79 Å². The van der Waals surface area contributed by atoms with Gasteiger partial charge in [-0.1, -0.05) is 25.1 Å². The van der Waals surface area contributed by atoms with Crippen molar-refractivity contribution in [2.24, 2.45) is 7.05 Å². The molecule has 0 aliphatic heterocycles. The van der Waals surface area contributed by atoms with Gasteiger partial charge in [0, 0.05) is 23.9 Å². The monoisotopic (exact) mass is 432 g/mol. The summed E-state index contributed by atoms with van der Waals surface area (Å²) in [5.41, 5.74) is -0.271. The van der Waals surface area contributed by atoms with Gasteiger partial charge in [0.15, 0.2) is 5.82 Å². The normalized spacial score (nSPS) is 12.2. The Labute approximate surface area is 174 Å². The van der Waals surface area contributed by atoms with Crippen molar-refractivity contribution >= 4 is 33.7 Å². The lowest BCUT2D eigenvalue weighted by molar-refractivity contribution is -0.144. The maximum absolute atomic E-state index is 13.5. The predicted molar refractivity (Wildman–Crippen MR) is 113 cm³/mol. The van der Waals surface area contributed by atoms with Crippen LogP contribution in [0.1, 0.15) is 19.5 Å². The number of rotatable bonds is 4. The third-order valence-electron chi connectivity index (χ3n) is 4.94. The molecule has 0 spiro atoms. The Hall–Kier alpha value is -2.81. The Morgan fingerprint density at radius 2 is 1.80 bits per heavy atom. The average Bonchev–Trinajstić information content (AvgIpc) is 3.03. The molecule has 3 aromatic heterocycles. The number of pyridine rings is 2. The van der Waals surface area contributed by atoms with E-state index in [1.165, 1.54) is 6.92 Å². The molecule has 0 bridgehead atoms. The van der Waals surface area contributed by atoms with Gasteiger partial charge in [-0.05, 0) is 30.9 Å². The van der Waals surface area contributed by atoms with E-state index in [1.807, 2.05) is 37.3 Å². The first-order chi connectivity index (χ1) is 14.3. The number of aryl methyl sites for hydroxylation is 1. The Bertz CT molecular complexity index is 1320. The first kappa shape index (κ1) is 20.5. The van der Waals surface area contributed by atoms with Crippen LogP contribution >= 0.6 is 11.8 Å². The molecular weight excluding hydrogens is 413 g/mol. The molecule has 0 aliphatic rings. The average molecular weight is 432 g/mol. The van der Waals surface area contributed by atoms with E-state index in [0.29, 0.717) is 11.5 Å². The summed E-state index contributed by atoms with van der Waals surface area (Å²) in [6.45, 7) is 3.43. The number of nitrogens with zero attached hydrogens (tertiary/aromatic N) is 4. The number of hydrogen-bond acceptors (Lipinski definition) is 4. The Morgan fingerprint density at radius 3 is 2.47 bits per heavy atom. The largest absolute Gasteiger partial charge is 0.431 e. The van der Waals surface area contributed by atoms with E-state index < -0.39 is 17.4 Å². The van der Waals surface area contributed by atoms with E-state index in [-0.39, 0.29) is 17.6 Å². The lowest BCUT2D eigenvalue weighted by atomic mass is 10.2. The maximum Gasteiger partial charge on any atom is 0.431 e. The molecule has 0 atom stereocenters. The lowest BCUT2D eigenvalue weighted by Crippen LogP contribution is -2.28. The molecule has 5 nitrogen and oxygen atoms in total. The van der Waals surface area contributed by atoms with Gasteiger partial charge in [-0.25, -0.2) is 9.97 Å². The summed E-state index contributed by atoms with van der Waals surface area (Å²) in [6, 6.07) is 10.6. The summed E-state index contributed by atoms with van der Waals surface area (Å²) in [7, 11) is 1.64. The van der Waals surface area contributed by atoms with E-state index in [0.717, 1.165) is 32.2 Å². The molecule has 0 aliphatic carbocycles. The Balaban J connectivity index is 2.05. The van der Waals surface area contributed by atoms with Gasteiger partial charge in [0.2, 0.25) is 0 Å². The van der Waals surface area contributed by atoms with Crippen LogP contribution in [0.2, 0.25) is 0 Å². The maximum atomic E-state index is 13.5. The molecule has 0 saturated carbocycles. The number of alkyl halides is 3. The second-order valence-electron chi connectivity index (χ2n) is 6.77. The van der Waals surface area contributed by atoms with Crippen molar-refractivity contribution in [3.8, 4) is 11.5 Å². The van der Waals surface area contributed by atoms with Crippen LogP contribution in [0.3, 0.4) is 0 Å². The topological polar surface area (TPSA) is 52.7 Å². The zero-order chi connectivity index (χ0) is 21.6. The fourth-order valence-corrected chi connectivity index (χ4v) is 4.40. The first-order valence-corrected chi connectivity index (χ1v) is 10.4. The summed E-state index contributed by atoms with van der Waals surface area (Å²) in [5.74, 6) is 1.16. The molecule has 0 unspecified atom stereocenters. The highest BCUT2D eigenvalue weighted by Gasteiger charge is 2.35. The van der Waals surface area contributed by atoms with Crippen molar-refractivity contribution in [1.82, 2.24) is 19.1 Å². The number of benzene rings is 1. The summed E-state index contributed by atoms with van der Waals surface area (Å²) in [6.07, 6.45) is -4.65. The van der Waals surface area contributed by atoms with Crippen molar-refractivity contribution in [3.63, 3.8) is 0 Å². The van der Waals surface area contributed by atoms with Crippen molar-refractivity contribution in [3.05, 3.63) is 52.4 Å². The third-order valence-corrected chi connectivity index (χ3v) is 5.85. The standard InChI is InChI=1S/C21H19F3N4OS/c1-4-28-16(21(22,23)24)11-14-18(20(28)29)27(3)19(26-14)17-15(30-5-2)10-12-8-6-7-9-13(12)25-17/h6-11H,4-5H2,1-3H3. The molecule has 0 radical (unpaired) electrons. The van der Waals surface area contributed by atoms with Crippen LogP contribution in [0.5, 0.6) is 0 Å². The summed E-state index contributed by atoms with van der Waals surface area (Å²) in [5, 5.41) is 0.962. The van der Waals surface area contributed by atoms with Crippen molar-refractivity contribution in [2.75, 3.05) is 5.75 Å². The van der Waals surface area contributed by atoms with E-state index in [2.05, 4.69) is 4.98 Å². The van der Waals surface area contributed by atoms with Crippen LogP contribution in [-0.4, -0.2) is 24.9 Å². The SMILES string of the molecule is CCSc1cc2ccccc2nc1-c1nc2cc(C(F)(F)F)n(CC)c(=O)c2n1C. The number of thioether (sulfide) groups is 1. The molecule has 4 rings (SSSR count). The van der Waals surface area contributed by atoms with Crippen LogP contribution in [-0.2, 0) is 19.8 Å². The van der Waals surface area contributed by atoms with Crippen LogP contribution < -0.4 is 5.56 Å². The smallest absolute Gasteiger partial charge is 0.321 e. The number of para-hydroxylation sites is 1. The molecule has 0 fully saturated rings. The van der Waals surface area contributed by atoms with Gasteiger partial charge in [0.25, 0.3) is 5.56 Å². The minimum Gasteiger partial charge on any atom is -0.321 e. The lowest BCUT2D eigenvalue weighted by Gasteiger charge is -2.14. The van der Waals surface area contributed by atoms with Crippen molar-refractivity contribution in [2.45, 2.75) is 31.5 Å². The molecule has 156 valence electrons. The first-order valence-electron chi connectivity index (χ1n) is 9.46. The second kappa shape index (κ2) is 7.46. The minimum absolute atomic E-state index is 0.0110.